The predicted octanol–water partition coefficient (Wildman–Crippen LogP) is 3.46. The number of hydrogen-bond acceptors (Lipinski definition) is 6. The molecule has 0 radical (unpaired) electrons. The molecule has 0 bridgehead atoms. The Bertz CT molecular complexity index is 879. The number of carbonyl (C=O) groups is 2. The molecule has 3 rings (SSSR count). The quantitative estimate of drug-likeness (QED) is 0.720. The zero-order chi connectivity index (χ0) is 21.6. The maximum Gasteiger partial charge on any atom is 0.408 e. The molecule has 0 fully saturated rings. The highest BCUT2D eigenvalue weighted by Crippen LogP contribution is 2.34. The van der Waals surface area contributed by atoms with Crippen LogP contribution in [0.1, 0.15) is 26.3 Å². The third kappa shape index (κ3) is 6.38. The average Bonchev–Trinajstić information content (AvgIpc) is 3.14. The molecular weight excluding hydrogens is 388 g/mol. The zero-order valence-corrected chi connectivity index (χ0v) is 17.3. The van der Waals surface area contributed by atoms with Crippen LogP contribution in [0.15, 0.2) is 48.5 Å². The summed E-state index contributed by atoms with van der Waals surface area (Å²) >= 11 is 0. The Kier molecular flexibility index (Phi) is 6.79. The number of alkyl carbamates (subject to hydrolysis) is 1. The van der Waals surface area contributed by atoms with E-state index in [-0.39, 0.29) is 13.4 Å². The molecule has 0 spiro atoms. The Morgan fingerprint density at radius 1 is 1.07 bits per heavy atom. The van der Waals surface area contributed by atoms with Crippen molar-refractivity contribution in [3.8, 4) is 11.5 Å². The normalized spacial score (nSPS) is 13.4. The Balaban J connectivity index is 1.63. The number of fused-ring (bicyclic) bond motifs is 1. The predicted molar refractivity (Wildman–Crippen MR) is 110 cm³/mol. The lowest BCUT2D eigenvalue weighted by atomic mass is 10.2. The van der Waals surface area contributed by atoms with Crippen molar-refractivity contribution in [3.63, 3.8) is 0 Å². The molecule has 2 aromatic carbocycles. The highest BCUT2D eigenvalue weighted by atomic mass is 16.7. The smallest absolute Gasteiger partial charge is 0.408 e. The van der Waals surface area contributed by atoms with Crippen LogP contribution in [0.25, 0.3) is 0 Å². The van der Waals surface area contributed by atoms with E-state index in [4.69, 9.17) is 18.9 Å². The van der Waals surface area contributed by atoms with Crippen molar-refractivity contribution >= 4 is 17.7 Å². The van der Waals surface area contributed by atoms with Crippen LogP contribution in [0.3, 0.4) is 0 Å². The lowest BCUT2D eigenvalue weighted by molar-refractivity contribution is -0.119. The van der Waals surface area contributed by atoms with Crippen molar-refractivity contribution in [2.24, 2.45) is 0 Å². The van der Waals surface area contributed by atoms with E-state index in [0.717, 1.165) is 5.56 Å². The van der Waals surface area contributed by atoms with Crippen molar-refractivity contribution in [2.45, 2.75) is 39.0 Å². The summed E-state index contributed by atoms with van der Waals surface area (Å²) in [6.07, 6.45) is -0.698. The SMILES string of the molecule is CC(C)(C)OC(=O)N[C@@H](COCc1ccccc1)C(=O)Nc1ccc2c(c1)OCO2. The van der Waals surface area contributed by atoms with E-state index in [9.17, 15) is 9.59 Å². The largest absolute Gasteiger partial charge is 0.454 e. The summed E-state index contributed by atoms with van der Waals surface area (Å²) in [6, 6.07) is 13.7. The first-order valence-electron chi connectivity index (χ1n) is 9.62. The van der Waals surface area contributed by atoms with Crippen LogP contribution >= 0.6 is 0 Å². The summed E-state index contributed by atoms with van der Waals surface area (Å²) in [4.78, 5) is 25.0. The standard InChI is InChI=1S/C22H26N2O6/c1-22(2,3)30-21(26)24-17(13-27-12-15-7-5-4-6-8-15)20(25)23-16-9-10-18-19(11-16)29-14-28-18/h4-11,17H,12-14H2,1-3H3,(H,23,25)(H,24,26)/t17-/m0/s1. The summed E-state index contributed by atoms with van der Waals surface area (Å²) in [6.45, 7) is 5.68. The van der Waals surface area contributed by atoms with E-state index in [2.05, 4.69) is 10.6 Å². The van der Waals surface area contributed by atoms with Gasteiger partial charge in [0.2, 0.25) is 12.7 Å². The second kappa shape index (κ2) is 9.49. The second-order valence-corrected chi connectivity index (χ2v) is 7.76. The Labute approximate surface area is 175 Å². The molecule has 0 unspecified atom stereocenters. The number of anilines is 1. The van der Waals surface area contributed by atoms with Crippen LogP contribution in [0.5, 0.6) is 11.5 Å². The van der Waals surface area contributed by atoms with Gasteiger partial charge in [-0.15, -0.1) is 0 Å². The molecule has 1 heterocycles. The molecule has 0 aromatic heterocycles. The lowest BCUT2D eigenvalue weighted by Crippen LogP contribution is -2.48. The number of hydrogen-bond donors (Lipinski definition) is 2. The van der Waals surface area contributed by atoms with E-state index >= 15 is 0 Å². The fourth-order valence-electron chi connectivity index (χ4n) is 2.71. The first-order chi connectivity index (χ1) is 14.3. The molecule has 1 atom stereocenters. The van der Waals surface area contributed by atoms with Gasteiger partial charge in [-0.3, -0.25) is 4.79 Å². The van der Waals surface area contributed by atoms with Gasteiger partial charge in [0.25, 0.3) is 0 Å². The van der Waals surface area contributed by atoms with Crippen molar-refractivity contribution in [1.29, 1.82) is 0 Å². The molecule has 1 aliphatic rings. The molecule has 1 aliphatic heterocycles. The number of rotatable bonds is 7. The monoisotopic (exact) mass is 414 g/mol. The topological polar surface area (TPSA) is 95.1 Å². The summed E-state index contributed by atoms with van der Waals surface area (Å²) < 4.78 is 21.5. The van der Waals surface area contributed by atoms with Gasteiger partial charge in [0, 0.05) is 11.8 Å². The summed E-state index contributed by atoms with van der Waals surface area (Å²) in [5, 5.41) is 5.34. The average molecular weight is 414 g/mol. The minimum absolute atomic E-state index is 0.0233. The van der Waals surface area contributed by atoms with E-state index in [1.807, 2.05) is 30.3 Å². The molecule has 160 valence electrons. The van der Waals surface area contributed by atoms with Crippen molar-refractivity contribution in [3.05, 3.63) is 54.1 Å². The van der Waals surface area contributed by atoms with Gasteiger partial charge in [0.05, 0.1) is 13.2 Å². The molecule has 2 N–H and O–H groups in total. The zero-order valence-electron chi connectivity index (χ0n) is 17.3. The Morgan fingerprint density at radius 3 is 2.53 bits per heavy atom. The maximum atomic E-state index is 12.8. The number of nitrogens with one attached hydrogen (secondary N) is 2. The summed E-state index contributed by atoms with van der Waals surface area (Å²) in [7, 11) is 0. The van der Waals surface area contributed by atoms with Gasteiger partial charge in [-0.2, -0.15) is 0 Å². The fourth-order valence-corrected chi connectivity index (χ4v) is 2.71. The van der Waals surface area contributed by atoms with Crippen LogP contribution in [0.4, 0.5) is 10.5 Å². The molecule has 0 aliphatic carbocycles. The van der Waals surface area contributed by atoms with Gasteiger partial charge in [-0.1, -0.05) is 30.3 Å². The minimum atomic E-state index is -0.950. The van der Waals surface area contributed by atoms with Gasteiger partial charge in [0.1, 0.15) is 11.6 Å². The Hall–Kier alpha value is -3.26. The van der Waals surface area contributed by atoms with Gasteiger partial charge < -0.3 is 29.6 Å². The van der Waals surface area contributed by atoms with E-state index in [1.54, 1.807) is 39.0 Å². The maximum absolute atomic E-state index is 12.8. The van der Waals surface area contributed by atoms with Crippen LogP contribution < -0.4 is 20.1 Å². The van der Waals surface area contributed by atoms with E-state index in [1.165, 1.54) is 0 Å². The highest BCUT2D eigenvalue weighted by molar-refractivity contribution is 5.97. The molecular formula is C22H26N2O6. The third-order valence-electron chi connectivity index (χ3n) is 4.04. The summed E-state index contributed by atoms with van der Waals surface area (Å²) in [5.74, 6) is 0.722. The molecule has 30 heavy (non-hydrogen) atoms. The molecule has 0 saturated heterocycles. The minimum Gasteiger partial charge on any atom is -0.454 e. The lowest BCUT2D eigenvalue weighted by Gasteiger charge is -2.23. The van der Waals surface area contributed by atoms with Crippen LogP contribution in [-0.4, -0.2) is 37.0 Å². The van der Waals surface area contributed by atoms with E-state index in [0.29, 0.717) is 23.8 Å². The van der Waals surface area contributed by atoms with Crippen molar-refractivity contribution < 1.29 is 28.5 Å². The number of ether oxygens (including phenoxy) is 4. The third-order valence-corrected chi connectivity index (χ3v) is 4.04. The molecule has 0 saturated carbocycles. The molecule has 2 amide bonds. The van der Waals surface area contributed by atoms with Gasteiger partial charge in [-0.25, -0.2) is 4.79 Å². The first kappa shape index (κ1) is 21.4. The van der Waals surface area contributed by atoms with E-state index < -0.39 is 23.6 Å². The van der Waals surface area contributed by atoms with Crippen molar-refractivity contribution in [2.75, 3.05) is 18.7 Å². The van der Waals surface area contributed by atoms with Crippen molar-refractivity contribution in [1.82, 2.24) is 5.32 Å². The Morgan fingerprint density at radius 2 is 1.80 bits per heavy atom. The molecule has 8 heteroatoms. The number of benzene rings is 2. The number of amides is 2. The second-order valence-electron chi connectivity index (χ2n) is 7.76. The van der Waals surface area contributed by atoms with Gasteiger partial charge in [-0.05, 0) is 38.5 Å². The van der Waals surface area contributed by atoms with Crippen LogP contribution in [-0.2, 0) is 20.9 Å². The molecule has 2 aromatic rings. The fraction of sp³-hybridized carbons (Fsp3) is 0.364. The van der Waals surface area contributed by atoms with Crippen LogP contribution in [0.2, 0.25) is 0 Å². The highest BCUT2D eigenvalue weighted by Gasteiger charge is 2.25. The number of carbonyl (C=O) groups excluding carboxylic acids is 2. The molecule has 8 nitrogen and oxygen atoms in total. The first-order valence-corrected chi connectivity index (χ1v) is 9.62. The van der Waals surface area contributed by atoms with Gasteiger partial charge in [0.15, 0.2) is 11.5 Å². The summed E-state index contributed by atoms with van der Waals surface area (Å²) in [5.41, 5.74) is 0.792. The van der Waals surface area contributed by atoms with Gasteiger partial charge >= 0.3 is 6.09 Å². The van der Waals surface area contributed by atoms with Crippen LogP contribution in [0, 0.1) is 0 Å².